The zero-order valence-electron chi connectivity index (χ0n) is 14.9. The number of benzene rings is 1. The number of aliphatic imine (C=N–C) groups is 1. The second kappa shape index (κ2) is 7.15. The van der Waals surface area contributed by atoms with Crippen LogP contribution in [0.4, 0.5) is 0 Å². The fraction of sp³-hybridized carbons (Fsp3) is 0.263. The molecule has 2 aliphatic rings. The normalized spacial score (nSPS) is 15.3. The van der Waals surface area contributed by atoms with Crippen LogP contribution in [0.1, 0.15) is 11.5 Å². The minimum Gasteiger partial charge on any atom is -0.338 e. The van der Waals surface area contributed by atoms with Crippen LogP contribution in [0.25, 0.3) is 11.4 Å². The average Bonchev–Trinajstić information content (AvgIpc) is 3.34. The van der Waals surface area contributed by atoms with Crippen LogP contribution < -0.4 is 5.32 Å². The van der Waals surface area contributed by atoms with Gasteiger partial charge in [-0.1, -0.05) is 23.4 Å². The molecule has 2 aliphatic heterocycles. The summed E-state index contributed by atoms with van der Waals surface area (Å²) in [4.78, 5) is 11.2. The molecule has 7 nitrogen and oxygen atoms in total. The maximum absolute atomic E-state index is 5.35. The molecule has 0 amide bonds. The number of hydrogen-bond acceptors (Lipinski definition) is 6. The van der Waals surface area contributed by atoms with Gasteiger partial charge in [-0.3, -0.25) is 0 Å². The third-order valence-electron chi connectivity index (χ3n) is 4.15. The molecule has 1 N–H and O–H groups in total. The molecule has 0 radical (unpaired) electrons. The van der Waals surface area contributed by atoms with Crippen molar-refractivity contribution in [3.8, 4) is 11.4 Å². The highest BCUT2D eigenvalue weighted by molar-refractivity contribution is 6.38. The summed E-state index contributed by atoms with van der Waals surface area (Å²) in [5, 5.41) is 7.40. The lowest BCUT2D eigenvalue weighted by Crippen LogP contribution is -2.26. The van der Waals surface area contributed by atoms with Crippen LogP contribution >= 0.6 is 0 Å². The highest BCUT2D eigenvalue weighted by Gasteiger charge is 2.25. The molecule has 0 aliphatic carbocycles. The van der Waals surface area contributed by atoms with E-state index in [1.165, 1.54) is 0 Å². The molecule has 3 heterocycles. The van der Waals surface area contributed by atoms with Crippen molar-refractivity contribution in [3.05, 3.63) is 59.9 Å². The van der Waals surface area contributed by atoms with Gasteiger partial charge in [-0.15, -0.1) is 0 Å². The van der Waals surface area contributed by atoms with Crippen LogP contribution in [0.2, 0.25) is 0 Å². The first-order valence-electron chi connectivity index (χ1n) is 8.58. The van der Waals surface area contributed by atoms with Crippen molar-refractivity contribution < 1.29 is 9.10 Å². The lowest BCUT2D eigenvalue weighted by molar-refractivity contribution is -0.386. The Morgan fingerprint density at radius 2 is 2.12 bits per heavy atom. The third-order valence-corrected chi connectivity index (χ3v) is 4.15. The molecular weight excluding hydrogens is 328 g/mol. The van der Waals surface area contributed by atoms with E-state index in [0.717, 1.165) is 35.7 Å². The van der Waals surface area contributed by atoms with E-state index in [1.54, 1.807) is 0 Å². The second-order valence-electron chi connectivity index (χ2n) is 6.47. The number of aromatic nitrogens is 2. The van der Waals surface area contributed by atoms with E-state index >= 15 is 0 Å². The lowest BCUT2D eigenvalue weighted by atomic mass is 10.1. The first-order chi connectivity index (χ1) is 12.7. The van der Waals surface area contributed by atoms with Crippen LogP contribution in [0.15, 0.2) is 58.0 Å². The lowest BCUT2D eigenvalue weighted by Gasteiger charge is -2.08. The van der Waals surface area contributed by atoms with Gasteiger partial charge in [-0.05, 0) is 31.2 Å². The van der Waals surface area contributed by atoms with Crippen molar-refractivity contribution in [1.82, 2.24) is 20.4 Å². The molecule has 7 heteroatoms. The van der Waals surface area contributed by atoms with Gasteiger partial charge in [-0.2, -0.15) is 9.56 Å². The van der Waals surface area contributed by atoms with Gasteiger partial charge in [-0.25, -0.2) is 0 Å². The summed E-state index contributed by atoms with van der Waals surface area (Å²) < 4.78 is 7.36. The van der Waals surface area contributed by atoms with Crippen molar-refractivity contribution in [1.29, 1.82) is 0 Å². The van der Waals surface area contributed by atoms with Crippen LogP contribution in [-0.4, -0.2) is 58.7 Å². The molecule has 2 aromatic rings. The minimum absolute atomic E-state index is 0.566. The highest BCUT2D eigenvalue weighted by atomic mass is 16.5. The van der Waals surface area contributed by atoms with Gasteiger partial charge in [0.05, 0.1) is 12.7 Å². The number of fused-ring (bicyclic) bond motifs is 1. The number of hydrogen-bond donors (Lipinski definition) is 1. The van der Waals surface area contributed by atoms with Crippen molar-refractivity contribution in [3.63, 3.8) is 0 Å². The van der Waals surface area contributed by atoms with Crippen LogP contribution in [0, 0.1) is 0 Å². The molecule has 4 rings (SSSR count). The van der Waals surface area contributed by atoms with Gasteiger partial charge < -0.3 is 14.7 Å². The van der Waals surface area contributed by atoms with E-state index in [4.69, 9.17) is 4.52 Å². The molecule has 0 saturated heterocycles. The molecule has 1 aromatic heterocycles. The predicted octanol–water partition coefficient (Wildman–Crippen LogP) is 1.64. The largest absolute Gasteiger partial charge is 0.338 e. The number of allylic oxidation sites excluding steroid dienone is 2. The first-order valence-corrected chi connectivity index (χ1v) is 8.58. The summed E-state index contributed by atoms with van der Waals surface area (Å²) in [5.41, 5.74) is 2.87. The summed E-state index contributed by atoms with van der Waals surface area (Å²) in [6.45, 7) is 2.40. The molecular formula is C19H21N6O+. The molecule has 26 heavy (non-hydrogen) atoms. The Balaban J connectivity index is 1.46. The Morgan fingerprint density at radius 1 is 1.23 bits per heavy atom. The quantitative estimate of drug-likeness (QED) is 0.608. The van der Waals surface area contributed by atoms with Crippen molar-refractivity contribution in [2.45, 2.75) is 6.54 Å². The van der Waals surface area contributed by atoms with Gasteiger partial charge in [0, 0.05) is 30.3 Å². The Bertz CT molecular complexity index is 935. The van der Waals surface area contributed by atoms with Crippen molar-refractivity contribution in [2.24, 2.45) is 4.99 Å². The van der Waals surface area contributed by atoms with Crippen LogP contribution in [-0.2, 0) is 6.54 Å². The summed E-state index contributed by atoms with van der Waals surface area (Å²) in [6.07, 6.45) is 7.98. The van der Waals surface area contributed by atoms with Crippen LogP contribution in [0.5, 0.6) is 0 Å². The SMILES string of the molecule is CN(C)CCNCc1nc(-c2cccc(C3=NC4=CC=C[N+]4=C3)c2)no1. The molecule has 0 unspecified atom stereocenters. The summed E-state index contributed by atoms with van der Waals surface area (Å²) in [7, 11) is 4.09. The molecule has 132 valence electrons. The predicted molar refractivity (Wildman–Crippen MR) is 100 cm³/mol. The van der Waals surface area contributed by atoms with E-state index in [9.17, 15) is 0 Å². The van der Waals surface area contributed by atoms with E-state index in [1.807, 2.05) is 67.5 Å². The Hall–Kier alpha value is -2.90. The van der Waals surface area contributed by atoms with Crippen LogP contribution in [0.3, 0.4) is 0 Å². The number of likely N-dealkylation sites (N-methyl/N-ethyl adjacent to an activating group) is 1. The van der Waals surface area contributed by atoms with E-state index in [-0.39, 0.29) is 0 Å². The Labute approximate surface area is 152 Å². The van der Waals surface area contributed by atoms with Gasteiger partial charge in [0.1, 0.15) is 6.21 Å². The maximum atomic E-state index is 5.35. The van der Waals surface area contributed by atoms with Gasteiger partial charge in [0.25, 0.3) is 0 Å². The zero-order chi connectivity index (χ0) is 17.9. The maximum Gasteiger partial charge on any atom is 0.328 e. The number of rotatable bonds is 7. The Morgan fingerprint density at radius 3 is 2.96 bits per heavy atom. The number of nitrogens with zero attached hydrogens (tertiary/aromatic N) is 5. The van der Waals surface area contributed by atoms with E-state index in [0.29, 0.717) is 18.3 Å². The smallest absolute Gasteiger partial charge is 0.328 e. The minimum atomic E-state index is 0.566. The molecule has 0 spiro atoms. The summed E-state index contributed by atoms with van der Waals surface area (Å²) in [5.74, 6) is 2.12. The molecule has 0 saturated carbocycles. The fourth-order valence-corrected chi connectivity index (χ4v) is 2.77. The van der Waals surface area contributed by atoms with Gasteiger partial charge in [0.15, 0.2) is 0 Å². The monoisotopic (exact) mass is 349 g/mol. The van der Waals surface area contributed by atoms with E-state index < -0.39 is 0 Å². The van der Waals surface area contributed by atoms with E-state index in [2.05, 4.69) is 25.3 Å². The molecule has 0 bridgehead atoms. The molecule has 0 fully saturated rings. The fourth-order valence-electron chi connectivity index (χ4n) is 2.77. The molecule has 1 aromatic carbocycles. The second-order valence-corrected chi connectivity index (χ2v) is 6.47. The highest BCUT2D eigenvalue weighted by Crippen LogP contribution is 2.21. The topological polar surface area (TPSA) is 69.6 Å². The molecule has 0 atom stereocenters. The summed E-state index contributed by atoms with van der Waals surface area (Å²) in [6, 6.07) is 8.04. The van der Waals surface area contributed by atoms with Crippen molar-refractivity contribution in [2.75, 3.05) is 27.2 Å². The Kier molecular flexibility index (Phi) is 4.55. The first kappa shape index (κ1) is 16.6. The zero-order valence-corrected chi connectivity index (χ0v) is 14.9. The van der Waals surface area contributed by atoms with Gasteiger partial charge >= 0.3 is 5.82 Å². The van der Waals surface area contributed by atoms with Crippen molar-refractivity contribution >= 4 is 11.9 Å². The third kappa shape index (κ3) is 3.54. The number of nitrogens with one attached hydrogen (secondary N) is 1. The standard InChI is InChI=1S/C19H21N6O/c1-24(2)10-8-20-12-18-22-19(23-26-18)15-6-3-5-14(11-15)16-13-25-9-4-7-17(25)21-16/h3-7,9,11,13,20H,8,10,12H2,1-2H3/q+1. The summed E-state index contributed by atoms with van der Waals surface area (Å²) >= 11 is 0. The van der Waals surface area contributed by atoms with Gasteiger partial charge in [0.2, 0.25) is 17.4 Å². The average molecular weight is 349 g/mol.